The largest absolute Gasteiger partial charge is 0.456 e. The molecule has 2 aromatic carbocycles. The predicted molar refractivity (Wildman–Crippen MR) is 103 cm³/mol. The molecule has 0 fully saturated rings. The molecular weight excluding hydrogens is 328 g/mol. The van der Waals surface area contributed by atoms with E-state index in [1.54, 1.807) is 36.4 Å². The number of quaternary nitrogens is 1. The first-order valence-corrected chi connectivity index (χ1v) is 9.02. The molecule has 2 rings (SSSR count). The third-order valence-corrected chi connectivity index (χ3v) is 4.38. The summed E-state index contributed by atoms with van der Waals surface area (Å²) in [6.07, 6.45) is 0. The number of benzene rings is 2. The summed E-state index contributed by atoms with van der Waals surface area (Å²) in [5.74, 6) is -0.518. The second-order valence-corrected chi connectivity index (χ2v) is 6.24. The molecule has 26 heavy (non-hydrogen) atoms. The Morgan fingerprint density at radius 1 is 0.923 bits per heavy atom. The summed E-state index contributed by atoms with van der Waals surface area (Å²) in [5, 5.41) is 2.82. The van der Waals surface area contributed by atoms with E-state index in [9.17, 15) is 9.59 Å². The third-order valence-electron chi connectivity index (χ3n) is 4.38. The molecule has 2 N–H and O–H groups in total. The Labute approximate surface area is 155 Å². The number of amides is 1. The minimum absolute atomic E-state index is 0.178. The lowest BCUT2D eigenvalue weighted by molar-refractivity contribution is -0.896. The van der Waals surface area contributed by atoms with Crippen molar-refractivity contribution >= 4 is 17.6 Å². The van der Waals surface area contributed by atoms with Gasteiger partial charge in [0.05, 0.1) is 18.7 Å². The zero-order valence-electron chi connectivity index (χ0n) is 15.7. The molecule has 0 heterocycles. The molecule has 0 aliphatic rings. The number of nitrogens with one attached hydrogen (secondary N) is 2. The molecule has 0 aromatic heterocycles. The van der Waals surface area contributed by atoms with Crippen LogP contribution in [0.15, 0.2) is 48.5 Å². The van der Waals surface area contributed by atoms with Crippen molar-refractivity contribution in [3.05, 3.63) is 65.2 Å². The standard InChI is InChI=1S/C21H26N2O3/c1-4-23(5-2)14-15-26-21(25)18-10-12-19(13-11-18)22-20(24)17-8-6-16(3)7-9-17/h6-13H,4-5,14-15H2,1-3H3,(H,22,24)/p+1. The molecular formula is C21H27N2O3+. The summed E-state index contributed by atoms with van der Waals surface area (Å²) in [6, 6.07) is 14.1. The van der Waals surface area contributed by atoms with Crippen molar-refractivity contribution in [3.8, 4) is 0 Å². The van der Waals surface area contributed by atoms with Gasteiger partial charge in [-0.25, -0.2) is 4.79 Å². The quantitative estimate of drug-likeness (QED) is 0.715. The minimum atomic E-state index is -0.340. The molecule has 0 spiro atoms. The van der Waals surface area contributed by atoms with Crippen molar-refractivity contribution in [2.45, 2.75) is 20.8 Å². The van der Waals surface area contributed by atoms with Crippen molar-refractivity contribution in [1.82, 2.24) is 0 Å². The van der Waals surface area contributed by atoms with Crippen LogP contribution in [-0.4, -0.2) is 38.1 Å². The van der Waals surface area contributed by atoms with E-state index < -0.39 is 0 Å². The molecule has 0 bridgehead atoms. The number of carbonyl (C=O) groups excluding carboxylic acids is 2. The fraction of sp³-hybridized carbons (Fsp3) is 0.333. The lowest BCUT2D eigenvalue weighted by Crippen LogP contribution is -3.11. The molecule has 5 heteroatoms. The Hall–Kier alpha value is -2.66. The van der Waals surface area contributed by atoms with E-state index >= 15 is 0 Å². The Kier molecular flexibility index (Phi) is 7.36. The number of hydrogen-bond acceptors (Lipinski definition) is 3. The third kappa shape index (κ3) is 5.70. The van der Waals surface area contributed by atoms with Crippen molar-refractivity contribution in [1.29, 1.82) is 0 Å². The van der Waals surface area contributed by atoms with Gasteiger partial charge in [-0.1, -0.05) is 17.7 Å². The number of esters is 1. The number of hydrogen-bond donors (Lipinski definition) is 2. The van der Waals surface area contributed by atoms with Crippen LogP contribution in [0.5, 0.6) is 0 Å². The van der Waals surface area contributed by atoms with Crippen LogP contribution in [0.4, 0.5) is 5.69 Å². The highest BCUT2D eigenvalue weighted by Gasteiger charge is 2.10. The van der Waals surface area contributed by atoms with Crippen molar-refractivity contribution in [2.24, 2.45) is 0 Å². The second-order valence-electron chi connectivity index (χ2n) is 6.24. The first kappa shape index (κ1) is 19.7. The molecule has 0 aliphatic heterocycles. The number of likely N-dealkylation sites (N-methyl/N-ethyl adjacent to an activating group) is 1. The highest BCUT2D eigenvalue weighted by Crippen LogP contribution is 2.12. The fourth-order valence-corrected chi connectivity index (χ4v) is 2.57. The minimum Gasteiger partial charge on any atom is -0.456 e. The zero-order chi connectivity index (χ0) is 18.9. The lowest BCUT2D eigenvalue weighted by Gasteiger charge is -2.15. The summed E-state index contributed by atoms with van der Waals surface area (Å²) in [4.78, 5) is 25.7. The van der Waals surface area contributed by atoms with E-state index in [0.29, 0.717) is 23.4 Å². The monoisotopic (exact) mass is 355 g/mol. The lowest BCUT2D eigenvalue weighted by atomic mass is 10.1. The molecule has 0 unspecified atom stereocenters. The van der Waals surface area contributed by atoms with Crippen molar-refractivity contribution < 1.29 is 19.2 Å². The summed E-state index contributed by atoms with van der Waals surface area (Å²) in [7, 11) is 0. The Balaban J connectivity index is 1.88. The van der Waals surface area contributed by atoms with Crippen LogP contribution in [0.1, 0.15) is 40.1 Å². The maximum Gasteiger partial charge on any atom is 0.338 e. The first-order valence-electron chi connectivity index (χ1n) is 9.02. The number of anilines is 1. The summed E-state index contributed by atoms with van der Waals surface area (Å²) in [5.41, 5.74) is 2.82. The highest BCUT2D eigenvalue weighted by atomic mass is 16.5. The van der Waals surface area contributed by atoms with Gasteiger partial charge in [-0.3, -0.25) is 4.79 Å². The molecule has 0 saturated carbocycles. The van der Waals surface area contributed by atoms with Gasteiger partial charge in [-0.15, -0.1) is 0 Å². The van der Waals surface area contributed by atoms with Gasteiger partial charge < -0.3 is 15.0 Å². The predicted octanol–water partition coefficient (Wildman–Crippen LogP) is 2.33. The van der Waals surface area contributed by atoms with E-state index in [1.807, 2.05) is 19.1 Å². The number of carbonyl (C=O) groups is 2. The highest BCUT2D eigenvalue weighted by molar-refractivity contribution is 6.04. The van der Waals surface area contributed by atoms with Crippen LogP contribution in [0.25, 0.3) is 0 Å². The van der Waals surface area contributed by atoms with Crippen LogP contribution < -0.4 is 10.2 Å². The molecule has 0 saturated heterocycles. The van der Waals surface area contributed by atoms with Crippen LogP contribution in [0, 0.1) is 6.92 Å². The number of ether oxygens (including phenoxy) is 1. The normalized spacial score (nSPS) is 10.6. The maximum absolute atomic E-state index is 12.2. The number of rotatable bonds is 8. The first-order chi connectivity index (χ1) is 12.5. The molecule has 2 aromatic rings. The van der Waals surface area contributed by atoms with Gasteiger partial charge in [0.1, 0.15) is 13.2 Å². The topological polar surface area (TPSA) is 59.8 Å². The van der Waals surface area contributed by atoms with Crippen LogP contribution >= 0.6 is 0 Å². The smallest absolute Gasteiger partial charge is 0.338 e. The zero-order valence-corrected chi connectivity index (χ0v) is 15.7. The van der Waals surface area contributed by atoms with Gasteiger partial charge in [0.25, 0.3) is 5.91 Å². The van der Waals surface area contributed by atoms with E-state index in [-0.39, 0.29) is 11.9 Å². The average molecular weight is 355 g/mol. The van der Waals surface area contributed by atoms with Crippen molar-refractivity contribution in [3.63, 3.8) is 0 Å². The Morgan fingerprint density at radius 3 is 2.08 bits per heavy atom. The van der Waals surface area contributed by atoms with Crippen LogP contribution in [0.3, 0.4) is 0 Å². The van der Waals surface area contributed by atoms with E-state index in [0.717, 1.165) is 25.2 Å². The van der Waals surface area contributed by atoms with E-state index in [2.05, 4.69) is 19.2 Å². The summed E-state index contributed by atoms with van der Waals surface area (Å²) in [6.45, 7) is 9.45. The van der Waals surface area contributed by atoms with Gasteiger partial charge in [-0.05, 0) is 57.2 Å². The maximum atomic E-state index is 12.2. The molecule has 138 valence electrons. The van der Waals surface area contributed by atoms with Crippen LogP contribution in [-0.2, 0) is 4.74 Å². The fourth-order valence-electron chi connectivity index (χ4n) is 2.57. The molecule has 5 nitrogen and oxygen atoms in total. The van der Waals surface area contributed by atoms with Gasteiger partial charge in [-0.2, -0.15) is 0 Å². The van der Waals surface area contributed by atoms with Gasteiger partial charge in [0.15, 0.2) is 0 Å². The van der Waals surface area contributed by atoms with Crippen LogP contribution in [0.2, 0.25) is 0 Å². The average Bonchev–Trinajstić information content (AvgIpc) is 2.66. The Morgan fingerprint density at radius 2 is 1.50 bits per heavy atom. The molecule has 0 atom stereocenters. The number of aryl methyl sites for hydroxylation is 1. The second kappa shape index (κ2) is 9.73. The Bertz CT molecular complexity index is 720. The SMILES string of the molecule is CC[NH+](CC)CCOC(=O)c1ccc(NC(=O)c2ccc(C)cc2)cc1. The molecule has 1 amide bonds. The summed E-state index contributed by atoms with van der Waals surface area (Å²) < 4.78 is 5.32. The van der Waals surface area contributed by atoms with Crippen molar-refractivity contribution in [2.75, 3.05) is 31.6 Å². The van der Waals surface area contributed by atoms with Gasteiger partial charge in [0.2, 0.25) is 0 Å². The van der Waals surface area contributed by atoms with E-state index in [4.69, 9.17) is 4.74 Å². The molecule has 0 radical (unpaired) electrons. The summed E-state index contributed by atoms with van der Waals surface area (Å²) >= 11 is 0. The van der Waals surface area contributed by atoms with Gasteiger partial charge >= 0.3 is 5.97 Å². The van der Waals surface area contributed by atoms with E-state index in [1.165, 1.54) is 4.90 Å². The van der Waals surface area contributed by atoms with Gasteiger partial charge in [0, 0.05) is 11.3 Å². The molecule has 0 aliphatic carbocycles.